The molecule has 4 rings (SSSR count). The fraction of sp³-hybridized carbons (Fsp3) is 0.190. The first-order chi connectivity index (χ1) is 14.0. The molecule has 0 bridgehead atoms. The van der Waals surface area contributed by atoms with Crippen LogP contribution in [0.15, 0.2) is 60.9 Å². The Labute approximate surface area is 165 Å². The number of alkyl halides is 2. The first-order valence-corrected chi connectivity index (χ1v) is 9.11. The molecule has 0 saturated heterocycles. The molecule has 2 heterocycles. The number of nitrogens with one attached hydrogen (secondary N) is 1. The molecule has 2 aromatic carbocycles. The van der Waals surface area contributed by atoms with Gasteiger partial charge in [-0.1, -0.05) is 42.5 Å². The van der Waals surface area contributed by atoms with Crippen LogP contribution in [-0.4, -0.2) is 25.5 Å². The third-order valence-corrected chi connectivity index (χ3v) is 4.65. The van der Waals surface area contributed by atoms with E-state index in [1.807, 2.05) is 24.3 Å². The number of halogens is 2. The van der Waals surface area contributed by atoms with Crippen LogP contribution in [0.2, 0.25) is 0 Å². The van der Waals surface area contributed by atoms with E-state index in [4.69, 9.17) is 0 Å². The molecule has 4 aromatic rings. The lowest BCUT2D eigenvalue weighted by atomic mass is 10.0. The topological polar surface area (TPSA) is 64.7 Å². The number of benzene rings is 2. The highest BCUT2D eigenvalue weighted by Crippen LogP contribution is 2.20. The van der Waals surface area contributed by atoms with Crippen LogP contribution in [0.5, 0.6) is 0 Å². The Balaban J connectivity index is 1.43. The largest absolute Gasteiger partial charge is 0.322 e. The number of carbonyl (C=O) groups excluding carboxylic acids is 1. The maximum absolute atomic E-state index is 12.7. The van der Waals surface area contributed by atoms with Crippen LogP contribution < -0.4 is 5.32 Å². The lowest BCUT2D eigenvalue weighted by Gasteiger charge is -2.07. The van der Waals surface area contributed by atoms with Crippen LogP contribution in [0.4, 0.5) is 14.5 Å². The molecule has 0 spiro atoms. The van der Waals surface area contributed by atoms with Crippen molar-refractivity contribution in [3.05, 3.63) is 77.9 Å². The van der Waals surface area contributed by atoms with Gasteiger partial charge < -0.3 is 5.32 Å². The number of rotatable bonds is 6. The zero-order valence-electron chi connectivity index (χ0n) is 15.7. The van der Waals surface area contributed by atoms with Gasteiger partial charge in [0.25, 0.3) is 6.43 Å². The van der Waals surface area contributed by atoms with Gasteiger partial charge in [0.15, 0.2) is 0 Å². The summed E-state index contributed by atoms with van der Waals surface area (Å²) in [5.74, 6) is -0.360. The maximum Gasteiger partial charge on any atom is 0.282 e. The SMILES string of the molecule is Cc1cc(C(F)F)nn1CC(=O)Nc1cnn(Cc2cccc3ccccc23)c1. The summed E-state index contributed by atoms with van der Waals surface area (Å²) in [5, 5.41) is 13.1. The molecule has 29 heavy (non-hydrogen) atoms. The molecular weight excluding hydrogens is 376 g/mol. The van der Waals surface area contributed by atoms with Crippen molar-refractivity contribution in [2.75, 3.05) is 5.32 Å². The molecule has 2 aromatic heterocycles. The average molecular weight is 395 g/mol. The van der Waals surface area contributed by atoms with Crippen molar-refractivity contribution in [2.24, 2.45) is 0 Å². The number of carbonyl (C=O) groups is 1. The molecule has 0 saturated carbocycles. The van der Waals surface area contributed by atoms with Crippen molar-refractivity contribution in [1.82, 2.24) is 19.6 Å². The second-order valence-corrected chi connectivity index (χ2v) is 6.78. The van der Waals surface area contributed by atoms with Crippen LogP contribution in [0, 0.1) is 6.92 Å². The third kappa shape index (κ3) is 4.16. The summed E-state index contributed by atoms with van der Waals surface area (Å²) < 4.78 is 28.5. The minimum Gasteiger partial charge on any atom is -0.322 e. The molecule has 0 aliphatic carbocycles. The van der Waals surface area contributed by atoms with Crippen molar-refractivity contribution in [3.63, 3.8) is 0 Å². The van der Waals surface area contributed by atoms with Crippen molar-refractivity contribution in [1.29, 1.82) is 0 Å². The van der Waals surface area contributed by atoms with Gasteiger partial charge in [-0.3, -0.25) is 14.2 Å². The lowest BCUT2D eigenvalue weighted by Crippen LogP contribution is -2.20. The van der Waals surface area contributed by atoms with Crippen LogP contribution in [-0.2, 0) is 17.9 Å². The minimum atomic E-state index is -2.66. The number of hydrogen-bond donors (Lipinski definition) is 1. The molecule has 8 heteroatoms. The molecule has 0 atom stereocenters. The standard InChI is InChI=1S/C21H19F2N5O/c1-14-9-19(21(22)23)26-28(14)13-20(29)25-17-10-24-27(12-17)11-16-7-4-6-15-5-2-3-8-18(15)16/h2-10,12,21H,11,13H2,1H3,(H,25,29). The first kappa shape index (κ1) is 18.8. The van der Waals surface area contributed by atoms with Gasteiger partial charge in [-0.2, -0.15) is 10.2 Å². The number of nitrogens with zero attached hydrogens (tertiary/aromatic N) is 4. The summed E-state index contributed by atoms with van der Waals surface area (Å²) in [6.45, 7) is 2.05. The average Bonchev–Trinajstić information content (AvgIpc) is 3.29. The number of hydrogen-bond acceptors (Lipinski definition) is 3. The monoisotopic (exact) mass is 395 g/mol. The second kappa shape index (κ2) is 7.83. The molecule has 0 fully saturated rings. The fourth-order valence-corrected chi connectivity index (χ4v) is 3.26. The van der Waals surface area contributed by atoms with Crippen LogP contribution in [0.25, 0.3) is 10.8 Å². The van der Waals surface area contributed by atoms with Gasteiger partial charge >= 0.3 is 0 Å². The van der Waals surface area contributed by atoms with Gasteiger partial charge in [0, 0.05) is 11.9 Å². The Kier molecular flexibility index (Phi) is 5.07. The van der Waals surface area contributed by atoms with E-state index < -0.39 is 6.43 Å². The second-order valence-electron chi connectivity index (χ2n) is 6.78. The van der Waals surface area contributed by atoms with Crippen LogP contribution in [0.1, 0.15) is 23.4 Å². The van der Waals surface area contributed by atoms with Gasteiger partial charge in [-0.15, -0.1) is 0 Å². The zero-order valence-corrected chi connectivity index (χ0v) is 15.7. The summed E-state index contributed by atoms with van der Waals surface area (Å²) in [7, 11) is 0. The quantitative estimate of drug-likeness (QED) is 0.533. The van der Waals surface area contributed by atoms with Gasteiger partial charge in [0.1, 0.15) is 12.2 Å². The zero-order chi connectivity index (χ0) is 20.4. The van der Waals surface area contributed by atoms with E-state index in [1.54, 1.807) is 24.0 Å². The van der Waals surface area contributed by atoms with E-state index in [0.717, 1.165) is 16.3 Å². The number of aromatic nitrogens is 4. The molecule has 6 nitrogen and oxygen atoms in total. The van der Waals surface area contributed by atoms with E-state index in [1.165, 1.54) is 10.7 Å². The third-order valence-electron chi connectivity index (χ3n) is 4.65. The fourth-order valence-electron chi connectivity index (χ4n) is 3.26. The molecule has 0 aliphatic heterocycles. The van der Waals surface area contributed by atoms with Gasteiger partial charge in [-0.05, 0) is 29.3 Å². The molecule has 0 radical (unpaired) electrons. The predicted octanol–water partition coefficient (Wildman–Crippen LogP) is 4.17. The van der Waals surface area contributed by atoms with E-state index >= 15 is 0 Å². The highest BCUT2D eigenvalue weighted by molar-refractivity contribution is 5.90. The Morgan fingerprint density at radius 1 is 1.17 bits per heavy atom. The highest BCUT2D eigenvalue weighted by atomic mass is 19.3. The van der Waals surface area contributed by atoms with Crippen LogP contribution in [0.3, 0.4) is 0 Å². The van der Waals surface area contributed by atoms with E-state index in [0.29, 0.717) is 17.9 Å². The molecule has 0 unspecified atom stereocenters. The molecular formula is C21H19F2N5O. The lowest BCUT2D eigenvalue weighted by molar-refractivity contribution is -0.117. The summed E-state index contributed by atoms with van der Waals surface area (Å²) in [6, 6.07) is 15.5. The number of fused-ring (bicyclic) bond motifs is 1. The number of amides is 1. The van der Waals surface area contributed by atoms with Crippen molar-refractivity contribution in [3.8, 4) is 0 Å². The summed E-state index contributed by atoms with van der Waals surface area (Å²) in [6.07, 6.45) is 0.634. The maximum atomic E-state index is 12.7. The van der Waals surface area contributed by atoms with E-state index in [9.17, 15) is 13.6 Å². The number of anilines is 1. The van der Waals surface area contributed by atoms with Gasteiger partial charge in [0.05, 0.1) is 18.4 Å². The molecule has 0 aliphatic rings. The summed E-state index contributed by atoms with van der Waals surface area (Å²) in [5.41, 5.74) is 1.82. The molecule has 148 valence electrons. The Morgan fingerprint density at radius 2 is 1.97 bits per heavy atom. The van der Waals surface area contributed by atoms with Crippen molar-refractivity contribution >= 4 is 22.4 Å². The number of aryl methyl sites for hydroxylation is 1. The summed E-state index contributed by atoms with van der Waals surface area (Å²) >= 11 is 0. The normalized spacial score (nSPS) is 11.3. The van der Waals surface area contributed by atoms with Gasteiger partial charge in [-0.25, -0.2) is 8.78 Å². The van der Waals surface area contributed by atoms with Crippen LogP contribution >= 0.6 is 0 Å². The first-order valence-electron chi connectivity index (χ1n) is 9.11. The summed E-state index contributed by atoms with van der Waals surface area (Å²) in [4.78, 5) is 12.3. The molecule has 1 N–H and O–H groups in total. The Bertz CT molecular complexity index is 1160. The minimum absolute atomic E-state index is 0.146. The van der Waals surface area contributed by atoms with E-state index in [-0.39, 0.29) is 18.1 Å². The Hall–Kier alpha value is -3.55. The van der Waals surface area contributed by atoms with E-state index in [2.05, 4.69) is 33.7 Å². The predicted molar refractivity (Wildman–Crippen MR) is 106 cm³/mol. The van der Waals surface area contributed by atoms with Crippen molar-refractivity contribution in [2.45, 2.75) is 26.4 Å². The van der Waals surface area contributed by atoms with Crippen molar-refractivity contribution < 1.29 is 13.6 Å². The molecule has 1 amide bonds. The Morgan fingerprint density at radius 3 is 2.76 bits per heavy atom. The smallest absolute Gasteiger partial charge is 0.282 e. The van der Waals surface area contributed by atoms with Gasteiger partial charge in [0.2, 0.25) is 5.91 Å². The highest BCUT2D eigenvalue weighted by Gasteiger charge is 2.15.